The predicted molar refractivity (Wildman–Crippen MR) is 68.8 cm³/mol. The van der Waals surface area contributed by atoms with Crippen LogP contribution in [0.25, 0.3) is 0 Å². The second-order valence-corrected chi connectivity index (χ2v) is 4.87. The lowest BCUT2D eigenvalue weighted by Gasteiger charge is -2.34. The molecule has 3 N–H and O–H groups in total. The van der Waals surface area contributed by atoms with Gasteiger partial charge in [-0.3, -0.25) is 9.69 Å². The van der Waals surface area contributed by atoms with Gasteiger partial charge in [0.15, 0.2) is 0 Å². The quantitative estimate of drug-likeness (QED) is 0.826. The molecule has 2 atom stereocenters. The summed E-state index contributed by atoms with van der Waals surface area (Å²) in [6.45, 7) is 4.12. The number of hydrogen-bond acceptors (Lipinski definition) is 4. The first kappa shape index (κ1) is 13.1. The van der Waals surface area contributed by atoms with E-state index in [1.165, 1.54) is 0 Å². The molecule has 5 nitrogen and oxygen atoms in total. The third-order valence-corrected chi connectivity index (χ3v) is 3.43. The average molecular weight is 251 g/mol. The van der Waals surface area contributed by atoms with Crippen LogP contribution in [0.4, 0.5) is 0 Å². The molecule has 5 heteroatoms. The Morgan fingerprint density at radius 1 is 1.72 bits per heavy atom. The highest BCUT2D eigenvalue weighted by molar-refractivity contribution is 5.81. The molecule has 2 heterocycles. The maximum Gasteiger partial charge on any atom is 0.237 e. The normalized spacial score (nSPS) is 22.7. The van der Waals surface area contributed by atoms with Gasteiger partial charge in [0.05, 0.1) is 18.8 Å². The lowest BCUT2D eigenvalue weighted by atomic mass is 10.0. The number of furan rings is 1. The van der Waals surface area contributed by atoms with Crippen molar-refractivity contribution in [1.82, 2.24) is 10.2 Å². The fourth-order valence-electron chi connectivity index (χ4n) is 2.29. The highest BCUT2D eigenvalue weighted by atomic mass is 16.3. The first-order valence-electron chi connectivity index (χ1n) is 6.46. The molecule has 2 rings (SSSR count). The smallest absolute Gasteiger partial charge is 0.237 e. The Morgan fingerprint density at radius 2 is 2.56 bits per heavy atom. The maximum atomic E-state index is 12.0. The van der Waals surface area contributed by atoms with Gasteiger partial charge in [-0.1, -0.05) is 0 Å². The topological polar surface area (TPSA) is 71.5 Å². The first-order chi connectivity index (χ1) is 8.66. The molecular formula is C13H21N3O2. The molecule has 1 aliphatic heterocycles. The number of piperidine rings is 1. The van der Waals surface area contributed by atoms with Crippen LogP contribution in [0.1, 0.15) is 25.5 Å². The van der Waals surface area contributed by atoms with E-state index < -0.39 is 0 Å². The van der Waals surface area contributed by atoms with Crippen LogP contribution in [0.15, 0.2) is 22.8 Å². The number of hydrogen-bond donors (Lipinski definition) is 2. The van der Waals surface area contributed by atoms with Crippen LogP contribution in [0.3, 0.4) is 0 Å². The van der Waals surface area contributed by atoms with Crippen LogP contribution in [0.5, 0.6) is 0 Å². The van der Waals surface area contributed by atoms with Gasteiger partial charge in [-0.2, -0.15) is 0 Å². The number of rotatable bonds is 4. The molecule has 0 spiro atoms. The summed E-state index contributed by atoms with van der Waals surface area (Å²) < 4.78 is 5.18. The Morgan fingerprint density at radius 3 is 3.22 bits per heavy atom. The molecule has 0 bridgehead atoms. The molecule has 0 aliphatic carbocycles. The molecule has 1 aromatic rings. The van der Waals surface area contributed by atoms with Crippen molar-refractivity contribution in [2.75, 3.05) is 13.1 Å². The number of likely N-dealkylation sites (tertiary alicyclic amines) is 1. The monoisotopic (exact) mass is 251 g/mol. The highest BCUT2D eigenvalue weighted by Gasteiger charge is 2.25. The number of nitrogens with zero attached hydrogens (tertiary/aromatic N) is 1. The van der Waals surface area contributed by atoms with Gasteiger partial charge in [0.1, 0.15) is 5.76 Å². The summed E-state index contributed by atoms with van der Waals surface area (Å²) in [4.78, 5) is 14.2. The summed E-state index contributed by atoms with van der Waals surface area (Å²) in [5.74, 6) is 0.798. The molecule has 0 aromatic carbocycles. The minimum Gasteiger partial charge on any atom is -0.467 e. The summed E-state index contributed by atoms with van der Waals surface area (Å²) in [6, 6.07) is 3.72. The average Bonchev–Trinajstić information content (AvgIpc) is 2.88. The molecule has 1 amide bonds. The van der Waals surface area contributed by atoms with E-state index in [-0.39, 0.29) is 18.0 Å². The Balaban J connectivity index is 1.80. The lowest BCUT2D eigenvalue weighted by Crippen LogP contribution is -2.52. The van der Waals surface area contributed by atoms with Gasteiger partial charge in [0, 0.05) is 12.6 Å². The van der Waals surface area contributed by atoms with E-state index in [9.17, 15) is 4.79 Å². The third kappa shape index (κ3) is 3.34. The molecular weight excluding hydrogens is 230 g/mol. The molecule has 0 saturated carbocycles. The fourth-order valence-corrected chi connectivity index (χ4v) is 2.29. The van der Waals surface area contributed by atoms with Crippen LogP contribution < -0.4 is 11.1 Å². The zero-order chi connectivity index (χ0) is 13.0. The van der Waals surface area contributed by atoms with Crippen LogP contribution in [0, 0.1) is 0 Å². The summed E-state index contributed by atoms with van der Waals surface area (Å²) in [5.41, 5.74) is 5.93. The SMILES string of the molecule is CC(C(=O)NCc1ccco1)N1CCCC(N)C1. The predicted octanol–water partition coefficient (Wildman–Crippen LogP) is 0.707. The van der Waals surface area contributed by atoms with Gasteiger partial charge in [0.25, 0.3) is 0 Å². The first-order valence-corrected chi connectivity index (χ1v) is 6.46. The lowest BCUT2D eigenvalue weighted by molar-refractivity contribution is -0.126. The van der Waals surface area contributed by atoms with Crippen LogP contribution in [-0.4, -0.2) is 36.0 Å². The van der Waals surface area contributed by atoms with Crippen molar-refractivity contribution >= 4 is 5.91 Å². The van der Waals surface area contributed by atoms with E-state index in [2.05, 4.69) is 10.2 Å². The number of carbonyl (C=O) groups excluding carboxylic acids is 1. The Kier molecular flexibility index (Phi) is 4.38. The van der Waals surface area contributed by atoms with Crippen molar-refractivity contribution in [2.24, 2.45) is 5.73 Å². The largest absolute Gasteiger partial charge is 0.467 e. The minimum absolute atomic E-state index is 0.0282. The van der Waals surface area contributed by atoms with E-state index in [1.807, 2.05) is 19.1 Å². The zero-order valence-corrected chi connectivity index (χ0v) is 10.8. The number of carbonyl (C=O) groups is 1. The van der Waals surface area contributed by atoms with E-state index in [0.717, 1.165) is 31.7 Å². The number of nitrogens with two attached hydrogens (primary N) is 1. The summed E-state index contributed by atoms with van der Waals surface area (Å²) >= 11 is 0. The summed E-state index contributed by atoms with van der Waals surface area (Å²) in [5, 5.41) is 2.88. The molecule has 1 aromatic heterocycles. The summed E-state index contributed by atoms with van der Waals surface area (Å²) in [7, 11) is 0. The van der Waals surface area contributed by atoms with Crippen LogP contribution in [-0.2, 0) is 11.3 Å². The molecule has 0 radical (unpaired) electrons. The van der Waals surface area contributed by atoms with Gasteiger partial charge in [-0.15, -0.1) is 0 Å². The van der Waals surface area contributed by atoms with Gasteiger partial charge in [0.2, 0.25) is 5.91 Å². The molecule has 1 fully saturated rings. The van der Waals surface area contributed by atoms with Crippen molar-refractivity contribution in [1.29, 1.82) is 0 Å². The molecule has 100 valence electrons. The minimum atomic E-state index is -0.133. The molecule has 18 heavy (non-hydrogen) atoms. The fraction of sp³-hybridized carbons (Fsp3) is 0.615. The van der Waals surface area contributed by atoms with E-state index in [1.54, 1.807) is 6.26 Å². The Bertz CT molecular complexity index is 378. The highest BCUT2D eigenvalue weighted by Crippen LogP contribution is 2.11. The number of nitrogens with one attached hydrogen (secondary N) is 1. The summed E-state index contributed by atoms with van der Waals surface area (Å²) in [6.07, 6.45) is 3.72. The zero-order valence-electron chi connectivity index (χ0n) is 10.8. The van der Waals surface area contributed by atoms with Gasteiger partial charge >= 0.3 is 0 Å². The van der Waals surface area contributed by atoms with E-state index >= 15 is 0 Å². The van der Waals surface area contributed by atoms with Crippen molar-refractivity contribution in [3.8, 4) is 0 Å². The third-order valence-electron chi connectivity index (χ3n) is 3.43. The Labute approximate surface area is 107 Å². The van der Waals surface area contributed by atoms with Crippen molar-refractivity contribution in [2.45, 2.75) is 38.4 Å². The van der Waals surface area contributed by atoms with Crippen molar-refractivity contribution < 1.29 is 9.21 Å². The van der Waals surface area contributed by atoms with Crippen molar-refractivity contribution in [3.05, 3.63) is 24.2 Å². The second-order valence-electron chi connectivity index (χ2n) is 4.87. The standard InChI is InChI=1S/C13H21N3O2/c1-10(16-6-2-4-11(14)9-16)13(17)15-8-12-5-3-7-18-12/h3,5,7,10-11H,2,4,6,8-9,14H2,1H3,(H,15,17). The molecule has 2 unspecified atom stereocenters. The second kappa shape index (κ2) is 6.02. The van der Waals surface area contributed by atoms with Gasteiger partial charge < -0.3 is 15.5 Å². The van der Waals surface area contributed by atoms with Crippen LogP contribution in [0.2, 0.25) is 0 Å². The van der Waals surface area contributed by atoms with Gasteiger partial charge in [-0.25, -0.2) is 0 Å². The molecule has 1 aliphatic rings. The van der Waals surface area contributed by atoms with Gasteiger partial charge in [-0.05, 0) is 38.4 Å². The Hall–Kier alpha value is -1.33. The molecule has 1 saturated heterocycles. The van der Waals surface area contributed by atoms with E-state index in [4.69, 9.17) is 10.2 Å². The maximum absolute atomic E-state index is 12.0. The van der Waals surface area contributed by atoms with Crippen molar-refractivity contribution in [3.63, 3.8) is 0 Å². The van der Waals surface area contributed by atoms with E-state index in [0.29, 0.717) is 6.54 Å². The van der Waals surface area contributed by atoms with Crippen LogP contribution >= 0.6 is 0 Å². The number of amides is 1.